The standard InChI is InChI=1S/C20H32N4O.HI/c1-3-21-20(24-10-6-7-17(2)16-24)22-15-18-8-4-5-9-19(18)23-11-13-25-14-12-23;/h4-5,8-9,17H,3,6-7,10-16H2,1-2H3,(H,21,22);1H. The first-order valence-electron chi connectivity index (χ1n) is 9.71. The summed E-state index contributed by atoms with van der Waals surface area (Å²) in [7, 11) is 0. The van der Waals surface area contributed by atoms with Gasteiger partial charge in [-0.05, 0) is 37.3 Å². The second kappa shape index (κ2) is 11.0. The van der Waals surface area contributed by atoms with Crippen molar-refractivity contribution >= 4 is 35.6 Å². The lowest BCUT2D eigenvalue weighted by Crippen LogP contribution is -2.46. The molecule has 3 rings (SSSR count). The molecule has 146 valence electrons. The molecular weight excluding hydrogens is 439 g/mol. The van der Waals surface area contributed by atoms with Crippen LogP contribution in [0.25, 0.3) is 0 Å². The Bertz CT molecular complexity index is 575. The zero-order valence-electron chi connectivity index (χ0n) is 16.1. The van der Waals surface area contributed by atoms with E-state index in [4.69, 9.17) is 9.73 Å². The van der Waals surface area contributed by atoms with Crippen molar-refractivity contribution in [3.05, 3.63) is 29.8 Å². The third kappa shape index (κ3) is 5.74. The van der Waals surface area contributed by atoms with E-state index in [1.165, 1.54) is 24.1 Å². The van der Waals surface area contributed by atoms with E-state index in [1.807, 2.05) is 0 Å². The number of hydrogen-bond donors (Lipinski definition) is 1. The molecule has 0 radical (unpaired) electrons. The fraction of sp³-hybridized carbons (Fsp3) is 0.650. The molecule has 2 aliphatic heterocycles. The van der Waals surface area contributed by atoms with Crippen molar-refractivity contribution in [2.24, 2.45) is 10.9 Å². The Labute approximate surface area is 175 Å². The molecule has 1 aromatic carbocycles. The Morgan fingerprint density at radius 3 is 2.73 bits per heavy atom. The van der Waals surface area contributed by atoms with E-state index in [9.17, 15) is 0 Å². The van der Waals surface area contributed by atoms with E-state index in [-0.39, 0.29) is 24.0 Å². The Morgan fingerprint density at radius 2 is 2.00 bits per heavy atom. The number of likely N-dealkylation sites (tertiary alicyclic amines) is 1. The maximum atomic E-state index is 5.49. The predicted octanol–water partition coefficient (Wildman–Crippen LogP) is 3.34. The van der Waals surface area contributed by atoms with Crippen molar-refractivity contribution in [1.29, 1.82) is 0 Å². The number of nitrogens with one attached hydrogen (secondary N) is 1. The number of para-hydroxylation sites is 1. The summed E-state index contributed by atoms with van der Waals surface area (Å²) in [6.45, 7) is 11.9. The maximum Gasteiger partial charge on any atom is 0.194 e. The van der Waals surface area contributed by atoms with Gasteiger partial charge in [-0.15, -0.1) is 24.0 Å². The number of rotatable bonds is 4. The quantitative estimate of drug-likeness (QED) is 0.415. The van der Waals surface area contributed by atoms with Crippen LogP contribution in [0.1, 0.15) is 32.3 Å². The molecule has 1 atom stereocenters. The van der Waals surface area contributed by atoms with Gasteiger partial charge in [0, 0.05) is 38.4 Å². The molecule has 6 heteroatoms. The van der Waals surface area contributed by atoms with E-state index >= 15 is 0 Å². The van der Waals surface area contributed by atoms with E-state index in [2.05, 4.69) is 53.2 Å². The number of nitrogens with zero attached hydrogens (tertiary/aromatic N) is 3. The first-order chi connectivity index (χ1) is 12.3. The summed E-state index contributed by atoms with van der Waals surface area (Å²) in [6.07, 6.45) is 2.59. The third-order valence-electron chi connectivity index (χ3n) is 5.03. The Balaban J connectivity index is 0.00000243. The van der Waals surface area contributed by atoms with Crippen LogP contribution in [0.2, 0.25) is 0 Å². The fourth-order valence-electron chi connectivity index (χ4n) is 3.72. The number of piperidine rings is 1. The minimum Gasteiger partial charge on any atom is -0.378 e. The summed E-state index contributed by atoms with van der Waals surface area (Å²) >= 11 is 0. The first kappa shape index (κ1) is 21.3. The molecule has 26 heavy (non-hydrogen) atoms. The fourth-order valence-corrected chi connectivity index (χ4v) is 3.72. The summed E-state index contributed by atoms with van der Waals surface area (Å²) in [5, 5.41) is 3.48. The van der Waals surface area contributed by atoms with Crippen LogP contribution in [0.5, 0.6) is 0 Å². The molecule has 0 bridgehead atoms. The second-order valence-corrected chi connectivity index (χ2v) is 7.09. The summed E-state index contributed by atoms with van der Waals surface area (Å²) in [4.78, 5) is 9.82. The SMILES string of the molecule is CCNC(=NCc1ccccc1N1CCOCC1)N1CCCC(C)C1.I. The highest BCUT2D eigenvalue weighted by Crippen LogP contribution is 2.22. The van der Waals surface area contributed by atoms with Crippen LogP contribution < -0.4 is 10.2 Å². The minimum absolute atomic E-state index is 0. The average Bonchev–Trinajstić information content (AvgIpc) is 2.66. The number of guanidine groups is 1. The number of ether oxygens (including phenoxy) is 1. The van der Waals surface area contributed by atoms with Gasteiger partial charge in [0.15, 0.2) is 5.96 Å². The lowest BCUT2D eigenvalue weighted by molar-refractivity contribution is 0.122. The summed E-state index contributed by atoms with van der Waals surface area (Å²) < 4.78 is 5.49. The molecule has 1 N–H and O–H groups in total. The summed E-state index contributed by atoms with van der Waals surface area (Å²) in [5.41, 5.74) is 2.60. The van der Waals surface area contributed by atoms with Crippen LogP contribution in [0.3, 0.4) is 0 Å². The van der Waals surface area contributed by atoms with Crippen molar-refractivity contribution in [1.82, 2.24) is 10.2 Å². The summed E-state index contributed by atoms with van der Waals surface area (Å²) in [5.74, 6) is 1.81. The number of morpholine rings is 1. The number of aliphatic imine (C=N–C) groups is 1. The van der Waals surface area contributed by atoms with Crippen LogP contribution in [-0.4, -0.2) is 56.8 Å². The number of anilines is 1. The first-order valence-corrected chi connectivity index (χ1v) is 9.71. The predicted molar refractivity (Wildman–Crippen MR) is 120 cm³/mol. The average molecular weight is 472 g/mol. The van der Waals surface area contributed by atoms with Crippen molar-refractivity contribution in [3.63, 3.8) is 0 Å². The highest BCUT2D eigenvalue weighted by molar-refractivity contribution is 14.0. The molecule has 0 saturated carbocycles. The molecule has 2 saturated heterocycles. The van der Waals surface area contributed by atoms with Crippen LogP contribution in [-0.2, 0) is 11.3 Å². The highest BCUT2D eigenvalue weighted by Gasteiger charge is 2.19. The third-order valence-corrected chi connectivity index (χ3v) is 5.03. The van der Waals surface area contributed by atoms with E-state index in [0.29, 0.717) is 0 Å². The number of benzene rings is 1. The highest BCUT2D eigenvalue weighted by atomic mass is 127. The molecule has 0 spiro atoms. The van der Waals surface area contributed by atoms with Gasteiger partial charge in [0.25, 0.3) is 0 Å². The van der Waals surface area contributed by atoms with Gasteiger partial charge in [-0.3, -0.25) is 0 Å². The van der Waals surface area contributed by atoms with Gasteiger partial charge in [-0.2, -0.15) is 0 Å². The van der Waals surface area contributed by atoms with Crippen molar-refractivity contribution in [2.75, 3.05) is 50.8 Å². The van der Waals surface area contributed by atoms with E-state index in [1.54, 1.807) is 0 Å². The number of halogens is 1. The van der Waals surface area contributed by atoms with Crippen LogP contribution in [0.4, 0.5) is 5.69 Å². The molecule has 0 aliphatic carbocycles. The zero-order valence-corrected chi connectivity index (χ0v) is 18.4. The topological polar surface area (TPSA) is 40.1 Å². The molecule has 2 aliphatic rings. The second-order valence-electron chi connectivity index (χ2n) is 7.09. The van der Waals surface area contributed by atoms with E-state index < -0.39 is 0 Å². The van der Waals surface area contributed by atoms with E-state index in [0.717, 1.165) is 64.4 Å². The van der Waals surface area contributed by atoms with Gasteiger partial charge < -0.3 is 19.9 Å². The zero-order chi connectivity index (χ0) is 17.5. The van der Waals surface area contributed by atoms with Crippen molar-refractivity contribution in [2.45, 2.75) is 33.2 Å². The normalized spacial score (nSPS) is 21.3. The van der Waals surface area contributed by atoms with Gasteiger partial charge in [0.05, 0.1) is 19.8 Å². The van der Waals surface area contributed by atoms with Gasteiger partial charge in [0.1, 0.15) is 0 Å². The monoisotopic (exact) mass is 472 g/mol. The smallest absolute Gasteiger partial charge is 0.194 e. The Kier molecular flexibility index (Phi) is 8.98. The maximum absolute atomic E-state index is 5.49. The molecule has 0 aromatic heterocycles. The van der Waals surface area contributed by atoms with Crippen molar-refractivity contribution < 1.29 is 4.74 Å². The van der Waals surface area contributed by atoms with Gasteiger partial charge >= 0.3 is 0 Å². The Morgan fingerprint density at radius 1 is 1.23 bits per heavy atom. The molecule has 2 heterocycles. The molecule has 1 aromatic rings. The van der Waals surface area contributed by atoms with Gasteiger partial charge in [-0.1, -0.05) is 25.1 Å². The van der Waals surface area contributed by atoms with Gasteiger partial charge in [-0.25, -0.2) is 4.99 Å². The molecule has 2 fully saturated rings. The summed E-state index contributed by atoms with van der Waals surface area (Å²) in [6, 6.07) is 8.66. The molecule has 1 unspecified atom stereocenters. The molecule has 5 nitrogen and oxygen atoms in total. The largest absolute Gasteiger partial charge is 0.378 e. The number of hydrogen-bond acceptors (Lipinski definition) is 3. The Hall–Kier alpha value is -1.02. The van der Waals surface area contributed by atoms with Gasteiger partial charge in [0.2, 0.25) is 0 Å². The van der Waals surface area contributed by atoms with Crippen LogP contribution >= 0.6 is 24.0 Å². The molecular formula is C20H33IN4O. The van der Waals surface area contributed by atoms with Crippen molar-refractivity contribution in [3.8, 4) is 0 Å². The van der Waals surface area contributed by atoms with Crippen LogP contribution in [0, 0.1) is 5.92 Å². The lowest BCUT2D eigenvalue weighted by Gasteiger charge is -2.34. The molecule has 0 amide bonds. The minimum atomic E-state index is 0. The lowest BCUT2D eigenvalue weighted by atomic mass is 10.0. The van der Waals surface area contributed by atoms with Crippen LogP contribution in [0.15, 0.2) is 29.3 Å².